The average Bonchev–Trinajstić information content (AvgIpc) is 2.62. The normalized spacial score (nSPS) is 31.3. The number of carbonyl (C=O) groups is 1. The lowest BCUT2D eigenvalue weighted by Crippen LogP contribution is -2.48. The van der Waals surface area contributed by atoms with Gasteiger partial charge in [-0.25, -0.2) is 8.78 Å². The molecule has 0 aromatic heterocycles. The molecule has 1 aromatic carbocycles. The summed E-state index contributed by atoms with van der Waals surface area (Å²) in [6.45, 7) is 0. The van der Waals surface area contributed by atoms with Gasteiger partial charge in [-0.3, -0.25) is 4.79 Å². The van der Waals surface area contributed by atoms with E-state index < -0.39 is 11.6 Å². The molecule has 0 bridgehead atoms. The van der Waals surface area contributed by atoms with Crippen molar-refractivity contribution in [2.24, 2.45) is 11.7 Å². The number of ether oxygens (including phenoxy) is 2. The van der Waals surface area contributed by atoms with Gasteiger partial charge in [0.25, 0.3) is 0 Å². The van der Waals surface area contributed by atoms with Gasteiger partial charge in [-0.05, 0) is 44.9 Å². The molecule has 0 spiro atoms. The highest BCUT2D eigenvalue weighted by atomic mass is 19.1. The molecule has 3 atom stereocenters. The zero-order valence-electron chi connectivity index (χ0n) is 15.6. The van der Waals surface area contributed by atoms with Gasteiger partial charge in [0, 0.05) is 43.3 Å². The first-order valence-electron chi connectivity index (χ1n) is 9.66. The molecular weight excluding hydrogens is 354 g/mol. The van der Waals surface area contributed by atoms with Crippen molar-refractivity contribution >= 4 is 5.91 Å². The van der Waals surface area contributed by atoms with Gasteiger partial charge in [-0.1, -0.05) is 0 Å². The maximum absolute atomic E-state index is 13.3. The predicted molar refractivity (Wildman–Crippen MR) is 97.3 cm³/mol. The minimum absolute atomic E-state index is 0.0364. The molecule has 2 aliphatic carbocycles. The zero-order chi connectivity index (χ0) is 19.4. The molecule has 150 valence electrons. The van der Waals surface area contributed by atoms with Gasteiger partial charge >= 0.3 is 0 Å². The van der Waals surface area contributed by atoms with Gasteiger partial charge in [0.05, 0.1) is 12.2 Å². The minimum Gasteiger partial charge on any atom is -0.490 e. The number of rotatable bonds is 5. The third-order valence-corrected chi connectivity index (χ3v) is 5.67. The summed E-state index contributed by atoms with van der Waals surface area (Å²) in [4.78, 5) is 12.5. The Morgan fingerprint density at radius 3 is 2.33 bits per heavy atom. The van der Waals surface area contributed by atoms with E-state index in [0.29, 0.717) is 6.42 Å². The van der Waals surface area contributed by atoms with Crippen LogP contribution < -0.4 is 15.8 Å². The van der Waals surface area contributed by atoms with Crippen molar-refractivity contribution in [1.82, 2.24) is 5.32 Å². The van der Waals surface area contributed by atoms with Crippen LogP contribution in [-0.4, -0.2) is 37.3 Å². The number of hydrogen-bond donors (Lipinski definition) is 2. The van der Waals surface area contributed by atoms with Crippen molar-refractivity contribution in [3.63, 3.8) is 0 Å². The summed E-state index contributed by atoms with van der Waals surface area (Å²) in [5.41, 5.74) is 6.09. The fourth-order valence-electron chi connectivity index (χ4n) is 4.14. The molecule has 0 saturated heterocycles. The molecule has 3 rings (SSSR count). The first-order valence-corrected chi connectivity index (χ1v) is 9.66. The summed E-state index contributed by atoms with van der Waals surface area (Å²) >= 11 is 0. The van der Waals surface area contributed by atoms with Crippen molar-refractivity contribution in [1.29, 1.82) is 0 Å². The van der Waals surface area contributed by atoms with Crippen molar-refractivity contribution < 1.29 is 23.0 Å². The summed E-state index contributed by atoms with van der Waals surface area (Å²) in [5.74, 6) is -1.07. The Balaban J connectivity index is 1.43. The third kappa shape index (κ3) is 5.39. The topological polar surface area (TPSA) is 73.6 Å². The zero-order valence-corrected chi connectivity index (χ0v) is 15.6. The molecule has 3 N–H and O–H groups in total. The Kier molecular flexibility index (Phi) is 6.65. The van der Waals surface area contributed by atoms with E-state index in [1.54, 1.807) is 7.11 Å². The standard InChI is InChI=1S/C20H28F2N2O3/c1-26-19-7-2-12(8-18(19)23)20(25)24-15-3-5-16(6-4-15)27-17-10-13(21)9-14(22)11-17/h9-12,15-16,18-19H,2-8,23H2,1H3,(H,24,25)/t12-,15?,16?,18+,19+/m0/s1. The van der Waals surface area contributed by atoms with Gasteiger partial charge in [-0.15, -0.1) is 0 Å². The highest BCUT2D eigenvalue weighted by Gasteiger charge is 2.33. The lowest BCUT2D eigenvalue weighted by atomic mass is 9.83. The Bertz CT molecular complexity index is 630. The number of nitrogens with two attached hydrogens (primary N) is 1. The number of hydrogen-bond acceptors (Lipinski definition) is 4. The highest BCUT2D eigenvalue weighted by molar-refractivity contribution is 5.79. The van der Waals surface area contributed by atoms with Gasteiger partial charge in [-0.2, -0.15) is 0 Å². The van der Waals surface area contributed by atoms with Crippen LogP contribution in [0.25, 0.3) is 0 Å². The summed E-state index contributed by atoms with van der Waals surface area (Å²) < 4.78 is 37.6. The molecule has 2 saturated carbocycles. The van der Waals surface area contributed by atoms with Gasteiger partial charge in [0.15, 0.2) is 0 Å². The minimum atomic E-state index is -0.646. The second kappa shape index (κ2) is 8.97. The van der Waals surface area contributed by atoms with Crippen LogP contribution >= 0.6 is 0 Å². The van der Waals surface area contributed by atoms with Crippen LogP contribution in [0.3, 0.4) is 0 Å². The van der Waals surface area contributed by atoms with E-state index in [-0.39, 0.29) is 41.9 Å². The van der Waals surface area contributed by atoms with E-state index in [2.05, 4.69) is 5.32 Å². The van der Waals surface area contributed by atoms with E-state index >= 15 is 0 Å². The lowest BCUT2D eigenvalue weighted by molar-refractivity contribution is -0.128. The summed E-state index contributed by atoms with van der Waals surface area (Å²) in [7, 11) is 1.66. The molecule has 0 heterocycles. The van der Waals surface area contributed by atoms with E-state index in [1.165, 1.54) is 12.1 Å². The number of methoxy groups -OCH3 is 1. The molecule has 0 unspecified atom stereocenters. The summed E-state index contributed by atoms with van der Waals surface area (Å²) in [5, 5.41) is 3.13. The maximum Gasteiger partial charge on any atom is 0.223 e. The van der Waals surface area contributed by atoms with Crippen LogP contribution in [-0.2, 0) is 9.53 Å². The van der Waals surface area contributed by atoms with E-state index in [0.717, 1.165) is 44.6 Å². The van der Waals surface area contributed by atoms with Crippen molar-refractivity contribution in [2.75, 3.05) is 7.11 Å². The number of amides is 1. The fourth-order valence-corrected chi connectivity index (χ4v) is 4.14. The van der Waals surface area contributed by atoms with E-state index in [1.807, 2.05) is 0 Å². The van der Waals surface area contributed by atoms with Crippen LogP contribution in [0.15, 0.2) is 18.2 Å². The van der Waals surface area contributed by atoms with Crippen LogP contribution in [0.2, 0.25) is 0 Å². The first kappa shape index (κ1) is 20.0. The van der Waals surface area contributed by atoms with Crippen LogP contribution in [0.5, 0.6) is 5.75 Å². The second-order valence-electron chi connectivity index (χ2n) is 7.65. The molecule has 0 aliphatic heterocycles. The number of carbonyl (C=O) groups excluding carboxylic acids is 1. The molecule has 27 heavy (non-hydrogen) atoms. The molecule has 2 fully saturated rings. The molecule has 1 aromatic rings. The lowest BCUT2D eigenvalue weighted by Gasteiger charge is -2.34. The van der Waals surface area contributed by atoms with Crippen molar-refractivity contribution in [3.05, 3.63) is 29.8 Å². The first-order chi connectivity index (χ1) is 12.9. The van der Waals surface area contributed by atoms with Crippen molar-refractivity contribution in [3.8, 4) is 5.75 Å². The van der Waals surface area contributed by atoms with E-state index in [9.17, 15) is 13.6 Å². The molecule has 0 radical (unpaired) electrons. The summed E-state index contributed by atoms with van der Waals surface area (Å²) in [6.07, 6.45) is 5.23. The Morgan fingerprint density at radius 1 is 1.07 bits per heavy atom. The SMILES string of the molecule is CO[C@@H]1CC[C@H](C(=O)NC2CCC(Oc3cc(F)cc(F)c3)CC2)C[C@H]1N. The maximum atomic E-state index is 13.3. The fraction of sp³-hybridized carbons (Fsp3) is 0.650. The molecular formula is C20H28F2N2O3. The van der Waals surface area contributed by atoms with Gasteiger partial charge in [0.2, 0.25) is 5.91 Å². The average molecular weight is 382 g/mol. The largest absolute Gasteiger partial charge is 0.490 e. The molecule has 2 aliphatic rings. The van der Waals surface area contributed by atoms with Crippen molar-refractivity contribution in [2.45, 2.75) is 69.2 Å². The van der Waals surface area contributed by atoms with E-state index in [4.69, 9.17) is 15.2 Å². The Morgan fingerprint density at radius 2 is 1.74 bits per heavy atom. The quantitative estimate of drug-likeness (QED) is 0.821. The highest BCUT2D eigenvalue weighted by Crippen LogP contribution is 2.28. The van der Waals surface area contributed by atoms with Gasteiger partial charge in [0.1, 0.15) is 17.4 Å². The monoisotopic (exact) mass is 382 g/mol. The number of benzene rings is 1. The number of halogens is 2. The third-order valence-electron chi connectivity index (χ3n) is 5.67. The van der Waals surface area contributed by atoms with Crippen LogP contribution in [0, 0.1) is 17.6 Å². The molecule has 5 nitrogen and oxygen atoms in total. The molecule has 7 heteroatoms. The summed E-state index contributed by atoms with van der Waals surface area (Å²) in [6, 6.07) is 3.21. The van der Waals surface area contributed by atoms with Crippen LogP contribution in [0.4, 0.5) is 8.78 Å². The Labute approximate surface area is 158 Å². The smallest absolute Gasteiger partial charge is 0.223 e. The van der Waals surface area contributed by atoms with Gasteiger partial charge < -0.3 is 20.5 Å². The Hall–Kier alpha value is -1.73. The molecule has 1 amide bonds. The van der Waals surface area contributed by atoms with Crippen LogP contribution in [0.1, 0.15) is 44.9 Å². The second-order valence-corrected chi connectivity index (χ2v) is 7.65. The number of nitrogens with one attached hydrogen (secondary N) is 1. The predicted octanol–water partition coefficient (Wildman–Crippen LogP) is 2.91.